The average Bonchev–Trinajstić information content (AvgIpc) is 2.49. The van der Waals surface area contributed by atoms with E-state index >= 15 is 0 Å². The maximum Gasteiger partial charge on any atom is 0.145 e. The van der Waals surface area contributed by atoms with E-state index in [4.69, 9.17) is 22.2 Å². The van der Waals surface area contributed by atoms with Gasteiger partial charge >= 0.3 is 0 Å². The molecular formula is C14H15ClFN3O. The van der Waals surface area contributed by atoms with Crippen LogP contribution in [0.2, 0.25) is 5.02 Å². The van der Waals surface area contributed by atoms with E-state index in [1.54, 1.807) is 37.7 Å². The second-order valence-electron chi connectivity index (χ2n) is 4.29. The van der Waals surface area contributed by atoms with Gasteiger partial charge in [-0.25, -0.2) is 4.39 Å². The lowest BCUT2D eigenvalue weighted by atomic mass is 10.0. The van der Waals surface area contributed by atoms with E-state index in [1.807, 2.05) is 0 Å². The number of nitrogens with zero attached hydrogens (tertiary/aromatic N) is 1. The zero-order valence-corrected chi connectivity index (χ0v) is 11.7. The first kappa shape index (κ1) is 14.7. The fourth-order valence-electron chi connectivity index (χ4n) is 1.94. The maximum atomic E-state index is 13.9. The SMILES string of the molecule is COc1cncc(C(Cc2cccc(Cl)c2F)NN)c1. The summed E-state index contributed by atoms with van der Waals surface area (Å²) in [4.78, 5) is 4.07. The Balaban J connectivity index is 2.26. The number of benzene rings is 1. The Morgan fingerprint density at radius 2 is 2.25 bits per heavy atom. The van der Waals surface area contributed by atoms with Crippen LogP contribution in [0.5, 0.6) is 5.75 Å². The third kappa shape index (κ3) is 3.25. The molecule has 3 N–H and O–H groups in total. The van der Waals surface area contributed by atoms with Crippen LogP contribution in [0.15, 0.2) is 36.7 Å². The minimum atomic E-state index is -0.426. The Labute approximate surface area is 121 Å². The molecule has 0 aliphatic heterocycles. The zero-order valence-electron chi connectivity index (χ0n) is 10.9. The highest BCUT2D eigenvalue weighted by Gasteiger charge is 2.15. The molecule has 0 aliphatic carbocycles. The van der Waals surface area contributed by atoms with Crippen LogP contribution in [0.3, 0.4) is 0 Å². The zero-order chi connectivity index (χ0) is 14.5. The van der Waals surface area contributed by atoms with Gasteiger partial charge in [-0.2, -0.15) is 0 Å². The molecule has 2 aromatic rings. The lowest BCUT2D eigenvalue weighted by Gasteiger charge is -2.17. The van der Waals surface area contributed by atoms with Crippen LogP contribution >= 0.6 is 11.6 Å². The molecule has 2 rings (SSSR count). The van der Waals surface area contributed by atoms with Crippen molar-refractivity contribution >= 4 is 11.6 Å². The first-order valence-corrected chi connectivity index (χ1v) is 6.41. The van der Waals surface area contributed by atoms with Crippen LogP contribution in [0.25, 0.3) is 0 Å². The Morgan fingerprint density at radius 1 is 1.45 bits per heavy atom. The van der Waals surface area contributed by atoms with Crippen LogP contribution in [0, 0.1) is 5.82 Å². The summed E-state index contributed by atoms with van der Waals surface area (Å²) in [6.45, 7) is 0. The Morgan fingerprint density at radius 3 is 2.95 bits per heavy atom. The first-order chi connectivity index (χ1) is 9.65. The second kappa shape index (κ2) is 6.65. The number of rotatable bonds is 5. The molecule has 0 saturated carbocycles. The predicted octanol–water partition coefficient (Wildman–Crippen LogP) is 2.63. The predicted molar refractivity (Wildman–Crippen MR) is 76.0 cm³/mol. The number of ether oxygens (including phenoxy) is 1. The van der Waals surface area contributed by atoms with Gasteiger partial charge in [0.25, 0.3) is 0 Å². The van der Waals surface area contributed by atoms with E-state index in [9.17, 15) is 4.39 Å². The van der Waals surface area contributed by atoms with Gasteiger partial charge in [0.05, 0.1) is 24.4 Å². The minimum absolute atomic E-state index is 0.0991. The third-order valence-corrected chi connectivity index (χ3v) is 3.32. The molecule has 20 heavy (non-hydrogen) atoms. The van der Waals surface area contributed by atoms with Crippen molar-refractivity contribution in [2.24, 2.45) is 5.84 Å². The molecule has 0 amide bonds. The van der Waals surface area contributed by atoms with Crippen molar-refractivity contribution in [3.63, 3.8) is 0 Å². The van der Waals surface area contributed by atoms with Crippen molar-refractivity contribution in [1.82, 2.24) is 10.4 Å². The summed E-state index contributed by atoms with van der Waals surface area (Å²) in [5.41, 5.74) is 3.96. The highest BCUT2D eigenvalue weighted by molar-refractivity contribution is 6.30. The summed E-state index contributed by atoms with van der Waals surface area (Å²) < 4.78 is 19.0. The highest BCUT2D eigenvalue weighted by Crippen LogP contribution is 2.24. The summed E-state index contributed by atoms with van der Waals surface area (Å²) in [5.74, 6) is 5.75. The Bertz CT molecular complexity index is 594. The molecule has 6 heteroatoms. The van der Waals surface area contributed by atoms with Gasteiger partial charge in [-0.05, 0) is 29.7 Å². The molecule has 1 aromatic heterocycles. The maximum absolute atomic E-state index is 13.9. The number of hydrogen-bond donors (Lipinski definition) is 2. The number of hydrogen-bond acceptors (Lipinski definition) is 4. The van der Waals surface area contributed by atoms with Gasteiger partial charge in [0.2, 0.25) is 0 Å². The van der Waals surface area contributed by atoms with E-state index < -0.39 is 5.82 Å². The molecule has 0 saturated heterocycles. The number of halogens is 2. The van der Waals surface area contributed by atoms with E-state index in [-0.39, 0.29) is 11.1 Å². The molecule has 0 radical (unpaired) electrons. The third-order valence-electron chi connectivity index (χ3n) is 3.03. The van der Waals surface area contributed by atoms with Crippen LogP contribution in [-0.2, 0) is 6.42 Å². The monoisotopic (exact) mass is 295 g/mol. The average molecular weight is 296 g/mol. The number of pyridine rings is 1. The molecule has 4 nitrogen and oxygen atoms in total. The number of methoxy groups -OCH3 is 1. The fourth-order valence-corrected chi connectivity index (χ4v) is 2.13. The first-order valence-electron chi connectivity index (χ1n) is 6.03. The molecular weight excluding hydrogens is 281 g/mol. The van der Waals surface area contributed by atoms with Crippen LogP contribution in [0.4, 0.5) is 4.39 Å². The second-order valence-corrected chi connectivity index (χ2v) is 4.70. The van der Waals surface area contributed by atoms with Gasteiger partial charge in [0.1, 0.15) is 11.6 Å². The smallest absolute Gasteiger partial charge is 0.145 e. The number of nitrogens with two attached hydrogens (primary N) is 1. The number of aromatic nitrogens is 1. The largest absolute Gasteiger partial charge is 0.495 e. The highest BCUT2D eigenvalue weighted by atomic mass is 35.5. The van der Waals surface area contributed by atoms with Crippen LogP contribution in [-0.4, -0.2) is 12.1 Å². The fraction of sp³-hybridized carbons (Fsp3) is 0.214. The van der Waals surface area contributed by atoms with Gasteiger partial charge in [-0.3, -0.25) is 16.3 Å². The van der Waals surface area contributed by atoms with Gasteiger partial charge in [0, 0.05) is 6.20 Å². The van der Waals surface area contributed by atoms with E-state index in [0.29, 0.717) is 17.7 Å². The van der Waals surface area contributed by atoms with Crippen molar-refractivity contribution in [2.75, 3.05) is 7.11 Å². The standard InChI is InChI=1S/C14H15ClFN3O/c1-20-11-5-10(7-18-8-11)13(19-17)6-9-3-2-4-12(15)14(9)16/h2-5,7-8,13,19H,6,17H2,1H3. The summed E-state index contributed by atoms with van der Waals surface area (Å²) in [5, 5.41) is 0.0991. The number of nitrogens with one attached hydrogen (secondary N) is 1. The molecule has 1 atom stereocenters. The van der Waals surface area contributed by atoms with Crippen molar-refractivity contribution in [3.05, 3.63) is 58.6 Å². The molecule has 1 heterocycles. The lowest BCUT2D eigenvalue weighted by Crippen LogP contribution is -2.30. The summed E-state index contributed by atoms with van der Waals surface area (Å²) in [6.07, 6.45) is 3.62. The minimum Gasteiger partial charge on any atom is -0.495 e. The summed E-state index contributed by atoms with van der Waals surface area (Å²) in [7, 11) is 1.56. The van der Waals surface area contributed by atoms with Gasteiger partial charge in [-0.15, -0.1) is 0 Å². The van der Waals surface area contributed by atoms with Crippen molar-refractivity contribution < 1.29 is 9.13 Å². The number of hydrazine groups is 1. The molecule has 0 bridgehead atoms. The molecule has 106 valence electrons. The quantitative estimate of drug-likeness (QED) is 0.657. The van der Waals surface area contributed by atoms with Gasteiger partial charge < -0.3 is 4.74 Å². The van der Waals surface area contributed by atoms with E-state index in [2.05, 4.69) is 10.4 Å². The molecule has 1 unspecified atom stereocenters. The van der Waals surface area contributed by atoms with Gasteiger partial charge in [0.15, 0.2) is 0 Å². The molecule has 0 spiro atoms. The molecule has 1 aromatic carbocycles. The Kier molecular flexibility index (Phi) is 4.89. The van der Waals surface area contributed by atoms with Crippen molar-refractivity contribution in [3.8, 4) is 5.75 Å². The van der Waals surface area contributed by atoms with E-state index in [0.717, 1.165) is 5.56 Å². The Hall–Kier alpha value is -1.69. The summed E-state index contributed by atoms with van der Waals surface area (Å²) >= 11 is 5.78. The molecule has 0 fully saturated rings. The lowest BCUT2D eigenvalue weighted by molar-refractivity contribution is 0.410. The normalized spacial score (nSPS) is 12.2. The van der Waals surface area contributed by atoms with E-state index in [1.165, 1.54) is 6.07 Å². The van der Waals surface area contributed by atoms with Crippen LogP contribution in [0.1, 0.15) is 17.2 Å². The van der Waals surface area contributed by atoms with Crippen molar-refractivity contribution in [1.29, 1.82) is 0 Å². The molecule has 0 aliphatic rings. The topological polar surface area (TPSA) is 60.2 Å². The summed E-state index contributed by atoms with van der Waals surface area (Å²) in [6, 6.07) is 6.42. The van der Waals surface area contributed by atoms with Gasteiger partial charge in [-0.1, -0.05) is 23.7 Å². The van der Waals surface area contributed by atoms with Crippen LogP contribution < -0.4 is 16.0 Å². The van der Waals surface area contributed by atoms with Crippen molar-refractivity contribution in [2.45, 2.75) is 12.5 Å².